The molecule has 6 N–H and O–H groups in total. The lowest BCUT2D eigenvalue weighted by Gasteiger charge is -2.28. The molecule has 0 bridgehead atoms. The molecule has 1 spiro atoms. The third-order valence-electron chi connectivity index (χ3n) is 7.35. The van der Waals surface area contributed by atoms with Crippen molar-refractivity contribution < 1.29 is 14.4 Å². The van der Waals surface area contributed by atoms with Crippen molar-refractivity contribution in [1.29, 1.82) is 5.26 Å². The standard InChI is InChI=1S/C25H22FN9O3S/c26-14-2-1-3-15-18(14)23(37)34(10-12-4-5-17(39-12)22(36)33-38)21(30-15)16-8-25(6-7-25)11-35(16)20-13(9-27)19(28)31-24(29)32-20/h1-5,16,38H,6-8,10-11H2,(H,33,36)(H4,28,29,31,32)/t16-/m0/s1. The van der Waals surface area contributed by atoms with Gasteiger partial charge in [0.05, 0.1) is 23.0 Å². The first-order valence-corrected chi connectivity index (χ1v) is 12.9. The molecule has 1 saturated heterocycles. The summed E-state index contributed by atoms with van der Waals surface area (Å²) in [7, 11) is 0. The summed E-state index contributed by atoms with van der Waals surface area (Å²) < 4.78 is 16.3. The van der Waals surface area contributed by atoms with Crippen LogP contribution < -0.4 is 27.4 Å². The number of rotatable bonds is 5. The number of amides is 1. The Morgan fingerprint density at radius 1 is 1.26 bits per heavy atom. The fourth-order valence-electron chi connectivity index (χ4n) is 5.29. The second kappa shape index (κ2) is 9.00. The maximum atomic E-state index is 14.9. The first-order valence-electron chi connectivity index (χ1n) is 12.1. The number of halogens is 1. The summed E-state index contributed by atoms with van der Waals surface area (Å²) >= 11 is 1.09. The molecule has 4 aromatic rings. The van der Waals surface area contributed by atoms with E-state index in [4.69, 9.17) is 21.7 Å². The monoisotopic (exact) mass is 547 g/mol. The number of nitrogens with two attached hydrogens (primary N) is 2. The number of carbonyl (C=O) groups is 1. The van der Waals surface area contributed by atoms with Crippen molar-refractivity contribution in [2.75, 3.05) is 22.9 Å². The molecule has 2 aliphatic rings. The molecule has 1 saturated carbocycles. The molecule has 1 atom stereocenters. The van der Waals surface area contributed by atoms with E-state index >= 15 is 0 Å². The van der Waals surface area contributed by atoms with E-state index in [-0.39, 0.29) is 50.9 Å². The number of hydrogen-bond acceptors (Lipinski definition) is 11. The van der Waals surface area contributed by atoms with Gasteiger partial charge in [-0.1, -0.05) is 6.07 Å². The zero-order valence-corrected chi connectivity index (χ0v) is 21.2. The minimum Gasteiger partial charge on any atom is -0.382 e. The minimum absolute atomic E-state index is 0.00527. The van der Waals surface area contributed by atoms with Crippen LogP contribution in [0.5, 0.6) is 0 Å². The lowest BCUT2D eigenvalue weighted by atomic mass is 10.0. The van der Waals surface area contributed by atoms with Crippen LogP contribution in [-0.4, -0.2) is 37.2 Å². The molecule has 0 radical (unpaired) electrons. The van der Waals surface area contributed by atoms with Crippen LogP contribution in [0.2, 0.25) is 0 Å². The maximum Gasteiger partial charge on any atom is 0.284 e. The van der Waals surface area contributed by atoms with Crippen molar-refractivity contribution in [1.82, 2.24) is 25.0 Å². The van der Waals surface area contributed by atoms with Gasteiger partial charge in [0.1, 0.15) is 34.5 Å². The van der Waals surface area contributed by atoms with Crippen molar-refractivity contribution in [2.24, 2.45) is 5.41 Å². The van der Waals surface area contributed by atoms with E-state index in [0.717, 1.165) is 24.2 Å². The Balaban J connectivity index is 1.55. The summed E-state index contributed by atoms with van der Waals surface area (Å²) in [6, 6.07) is 9.02. The maximum absolute atomic E-state index is 14.9. The topological polar surface area (TPSA) is 189 Å². The number of hydroxylamine groups is 1. The average Bonchev–Trinajstić information content (AvgIpc) is 3.32. The highest BCUT2D eigenvalue weighted by molar-refractivity contribution is 7.14. The Morgan fingerprint density at radius 3 is 2.77 bits per heavy atom. The van der Waals surface area contributed by atoms with Gasteiger partial charge in [0.2, 0.25) is 5.95 Å². The second-order valence-corrected chi connectivity index (χ2v) is 11.0. The molecule has 1 aliphatic carbocycles. The van der Waals surface area contributed by atoms with Crippen LogP contribution in [0.15, 0.2) is 35.1 Å². The van der Waals surface area contributed by atoms with Gasteiger partial charge in [0.15, 0.2) is 5.82 Å². The van der Waals surface area contributed by atoms with Gasteiger partial charge < -0.3 is 16.4 Å². The number of hydrogen-bond donors (Lipinski definition) is 4. The van der Waals surface area contributed by atoms with Gasteiger partial charge in [-0.3, -0.25) is 19.4 Å². The van der Waals surface area contributed by atoms with Crippen molar-refractivity contribution in [3.8, 4) is 6.07 Å². The number of carbonyl (C=O) groups excluding carboxylic acids is 1. The number of nitriles is 1. The van der Waals surface area contributed by atoms with Gasteiger partial charge in [0, 0.05) is 11.4 Å². The fourth-order valence-corrected chi connectivity index (χ4v) is 6.18. The van der Waals surface area contributed by atoms with Crippen LogP contribution in [0.3, 0.4) is 0 Å². The van der Waals surface area contributed by atoms with E-state index in [2.05, 4.69) is 16.0 Å². The number of nitrogens with zero attached hydrogens (tertiary/aromatic N) is 6. The molecule has 3 aromatic heterocycles. The minimum atomic E-state index is -0.693. The average molecular weight is 548 g/mol. The summed E-state index contributed by atoms with van der Waals surface area (Å²) in [5.41, 5.74) is 13.2. The highest BCUT2D eigenvalue weighted by Gasteiger charge is 2.54. The van der Waals surface area contributed by atoms with Crippen LogP contribution in [0, 0.1) is 22.6 Å². The molecule has 12 nitrogen and oxygen atoms in total. The van der Waals surface area contributed by atoms with Crippen molar-refractivity contribution in [2.45, 2.75) is 31.8 Å². The Labute approximate surface area is 224 Å². The van der Waals surface area contributed by atoms with E-state index < -0.39 is 23.3 Å². The first-order chi connectivity index (χ1) is 18.7. The quantitative estimate of drug-likeness (QED) is 0.213. The molecule has 14 heteroatoms. The Bertz CT molecular complexity index is 1760. The summed E-state index contributed by atoms with van der Waals surface area (Å²) in [5, 5.41) is 18.7. The predicted octanol–water partition coefficient (Wildman–Crippen LogP) is 2.32. The third-order valence-corrected chi connectivity index (χ3v) is 8.41. The molecule has 1 aromatic carbocycles. The fraction of sp³-hybridized carbons (Fsp3) is 0.280. The predicted molar refractivity (Wildman–Crippen MR) is 141 cm³/mol. The van der Waals surface area contributed by atoms with Gasteiger partial charge >= 0.3 is 0 Å². The number of thiophene rings is 1. The van der Waals surface area contributed by atoms with Crippen LogP contribution >= 0.6 is 11.3 Å². The van der Waals surface area contributed by atoms with Crippen LogP contribution in [0.1, 0.15) is 51.2 Å². The lowest BCUT2D eigenvalue weighted by Crippen LogP contribution is -2.34. The zero-order chi connectivity index (χ0) is 27.5. The van der Waals surface area contributed by atoms with Crippen molar-refractivity contribution >= 4 is 45.7 Å². The molecule has 198 valence electrons. The number of aromatic nitrogens is 4. The summed E-state index contributed by atoms with van der Waals surface area (Å²) in [6.45, 7) is 0.546. The highest BCUT2D eigenvalue weighted by Crippen LogP contribution is 2.59. The van der Waals surface area contributed by atoms with Gasteiger partial charge in [-0.15, -0.1) is 11.3 Å². The van der Waals surface area contributed by atoms with E-state index in [1.54, 1.807) is 17.6 Å². The number of anilines is 3. The molecule has 0 unspecified atom stereocenters. The molecule has 4 heterocycles. The normalized spacial score (nSPS) is 17.5. The van der Waals surface area contributed by atoms with Crippen molar-refractivity contribution in [3.05, 3.63) is 67.6 Å². The Morgan fingerprint density at radius 2 is 2.05 bits per heavy atom. The number of benzene rings is 1. The first kappa shape index (κ1) is 24.7. The molecule has 6 rings (SSSR count). The Hall–Kier alpha value is -4.61. The van der Waals surface area contributed by atoms with Gasteiger partial charge in [0.25, 0.3) is 11.5 Å². The third kappa shape index (κ3) is 4.12. The SMILES string of the molecule is N#Cc1c(N)nc(N)nc1N1CC2(CC2)C[C@H]1c1nc2cccc(F)c2c(=O)n1Cc1ccc(C(=O)NO)s1. The van der Waals surface area contributed by atoms with E-state index in [1.165, 1.54) is 22.8 Å². The largest absolute Gasteiger partial charge is 0.382 e. The zero-order valence-electron chi connectivity index (χ0n) is 20.4. The molecule has 39 heavy (non-hydrogen) atoms. The highest BCUT2D eigenvalue weighted by atomic mass is 32.1. The molecule has 1 aliphatic heterocycles. The van der Waals surface area contributed by atoms with Gasteiger partial charge in [-0.2, -0.15) is 15.2 Å². The lowest BCUT2D eigenvalue weighted by molar-refractivity contribution is 0.0711. The van der Waals surface area contributed by atoms with Gasteiger partial charge in [-0.25, -0.2) is 14.9 Å². The van der Waals surface area contributed by atoms with Gasteiger partial charge in [-0.05, 0) is 48.9 Å². The molecular formula is C25H22FN9O3S. The Kier molecular flexibility index (Phi) is 5.70. The van der Waals surface area contributed by atoms with E-state index in [9.17, 15) is 19.2 Å². The number of nitrogen functional groups attached to an aromatic ring is 2. The summed E-state index contributed by atoms with van der Waals surface area (Å²) in [5.74, 6) is -0.882. The van der Waals surface area contributed by atoms with Crippen LogP contribution in [-0.2, 0) is 6.54 Å². The van der Waals surface area contributed by atoms with Crippen LogP contribution in [0.4, 0.5) is 22.0 Å². The van der Waals surface area contributed by atoms with Crippen molar-refractivity contribution in [3.63, 3.8) is 0 Å². The summed E-state index contributed by atoms with van der Waals surface area (Å²) in [4.78, 5) is 41.5. The second-order valence-electron chi connectivity index (χ2n) is 9.83. The smallest absolute Gasteiger partial charge is 0.284 e. The number of fused-ring (bicyclic) bond motifs is 1. The number of nitrogens with one attached hydrogen (secondary N) is 1. The van der Waals surface area contributed by atoms with E-state index in [0.29, 0.717) is 23.7 Å². The summed E-state index contributed by atoms with van der Waals surface area (Å²) in [6.07, 6.45) is 2.53. The molecule has 1 amide bonds. The molecule has 2 fully saturated rings. The van der Waals surface area contributed by atoms with E-state index in [1.807, 2.05) is 4.90 Å². The van der Waals surface area contributed by atoms with Crippen LogP contribution in [0.25, 0.3) is 10.9 Å². The molecular weight excluding hydrogens is 525 g/mol.